The van der Waals surface area contributed by atoms with Crippen molar-refractivity contribution in [1.29, 1.82) is 5.26 Å². The molecule has 0 N–H and O–H groups in total. The molecule has 0 atom stereocenters. The van der Waals surface area contributed by atoms with Crippen molar-refractivity contribution < 1.29 is 0 Å². The topological polar surface area (TPSA) is 23.8 Å². The predicted molar refractivity (Wildman–Crippen MR) is 57.0 cm³/mol. The largest absolute Gasteiger partial charge is 0.192 e. The van der Waals surface area contributed by atoms with E-state index in [1.165, 1.54) is 37.7 Å². The fraction of sp³-hybridized carbons (Fsp3) is 0.462. The molecule has 14 heavy (non-hydrogen) atoms. The molecule has 1 aliphatic carbocycles. The van der Waals surface area contributed by atoms with E-state index >= 15 is 0 Å². The average Bonchev–Trinajstić information content (AvgIpc) is 2.30. The highest BCUT2D eigenvalue weighted by molar-refractivity contribution is 5.39. The minimum atomic E-state index is 0.639. The molecule has 1 nitrogen and oxygen atoms in total. The van der Waals surface area contributed by atoms with Crippen LogP contribution in [0.1, 0.15) is 49.1 Å². The van der Waals surface area contributed by atoms with Crippen LogP contribution in [-0.2, 0) is 0 Å². The summed E-state index contributed by atoms with van der Waals surface area (Å²) >= 11 is 0. The van der Waals surface area contributed by atoms with Gasteiger partial charge in [-0.05, 0) is 30.4 Å². The van der Waals surface area contributed by atoms with E-state index in [4.69, 9.17) is 5.26 Å². The molecular formula is C13H15N. The molecule has 0 heterocycles. The van der Waals surface area contributed by atoms with Gasteiger partial charge in [-0.2, -0.15) is 5.26 Å². The Labute approximate surface area is 85.4 Å². The van der Waals surface area contributed by atoms with Crippen LogP contribution in [-0.4, -0.2) is 0 Å². The summed E-state index contributed by atoms with van der Waals surface area (Å²) in [6, 6.07) is 10.3. The van der Waals surface area contributed by atoms with E-state index in [1.54, 1.807) is 0 Å². The quantitative estimate of drug-likeness (QED) is 0.655. The van der Waals surface area contributed by atoms with Gasteiger partial charge in [0.25, 0.3) is 0 Å². The Morgan fingerprint density at radius 2 is 1.79 bits per heavy atom. The fourth-order valence-electron chi connectivity index (χ4n) is 2.37. The maximum Gasteiger partial charge on any atom is 0.0994 e. The molecule has 0 aromatic heterocycles. The molecule has 1 aromatic rings. The van der Waals surface area contributed by atoms with Crippen molar-refractivity contribution in [3.8, 4) is 6.07 Å². The molecule has 0 amide bonds. The Morgan fingerprint density at radius 3 is 2.50 bits per heavy atom. The smallest absolute Gasteiger partial charge is 0.0994 e. The van der Waals surface area contributed by atoms with Crippen molar-refractivity contribution in [2.24, 2.45) is 0 Å². The van der Waals surface area contributed by atoms with Crippen LogP contribution in [0, 0.1) is 11.3 Å². The van der Waals surface area contributed by atoms with Crippen LogP contribution < -0.4 is 0 Å². The number of nitriles is 1. The summed E-state index contributed by atoms with van der Waals surface area (Å²) in [5.41, 5.74) is 2.15. The Balaban J connectivity index is 2.26. The van der Waals surface area contributed by atoms with Gasteiger partial charge in [-0.15, -0.1) is 0 Å². The van der Waals surface area contributed by atoms with Gasteiger partial charge in [0.1, 0.15) is 0 Å². The Bertz CT molecular complexity index is 342. The molecule has 1 aliphatic rings. The molecule has 0 unspecified atom stereocenters. The summed E-state index contributed by atoms with van der Waals surface area (Å²) in [6.45, 7) is 0. The molecule has 2 rings (SSSR count). The molecular weight excluding hydrogens is 170 g/mol. The van der Waals surface area contributed by atoms with Crippen molar-refractivity contribution in [2.45, 2.75) is 38.0 Å². The minimum Gasteiger partial charge on any atom is -0.192 e. The highest BCUT2D eigenvalue weighted by atomic mass is 14.3. The van der Waals surface area contributed by atoms with Crippen molar-refractivity contribution in [3.63, 3.8) is 0 Å². The van der Waals surface area contributed by atoms with E-state index in [2.05, 4.69) is 12.1 Å². The molecule has 0 bridgehead atoms. The lowest BCUT2D eigenvalue weighted by Gasteiger charge is -2.22. The van der Waals surface area contributed by atoms with Crippen LogP contribution >= 0.6 is 0 Å². The summed E-state index contributed by atoms with van der Waals surface area (Å²) in [5, 5.41) is 9.00. The predicted octanol–water partition coefficient (Wildman–Crippen LogP) is 3.61. The molecule has 0 radical (unpaired) electrons. The molecule has 1 fully saturated rings. The van der Waals surface area contributed by atoms with Crippen LogP contribution in [0.4, 0.5) is 0 Å². The molecule has 1 saturated carbocycles. The molecule has 0 aliphatic heterocycles. The van der Waals surface area contributed by atoms with Crippen LogP contribution in [0.5, 0.6) is 0 Å². The number of benzene rings is 1. The average molecular weight is 185 g/mol. The second kappa shape index (κ2) is 4.28. The zero-order valence-electron chi connectivity index (χ0n) is 8.37. The first-order valence-electron chi connectivity index (χ1n) is 5.41. The normalized spacial score (nSPS) is 17.6. The Morgan fingerprint density at radius 1 is 1.07 bits per heavy atom. The van der Waals surface area contributed by atoms with Gasteiger partial charge in [0.2, 0.25) is 0 Å². The monoisotopic (exact) mass is 185 g/mol. The first kappa shape index (κ1) is 9.27. The van der Waals surface area contributed by atoms with Crippen molar-refractivity contribution in [2.75, 3.05) is 0 Å². The van der Waals surface area contributed by atoms with Gasteiger partial charge in [-0.1, -0.05) is 37.5 Å². The molecule has 72 valence electrons. The van der Waals surface area contributed by atoms with Crippen LogP contribution in [0.25, 0.3) is 0 Å². The van der Waals surface area contributed by atoms with E-state index in [1.807, 2.05) is 18.2 Å². The SMILES string of the molecule is N#Cc1ccccc1C1CCCCC1. The third-order valence-corrected chi connectivity index (χ3v) is 3.13. The number of nitrogens with zero attached hydrogens (tertiary/aromatic N) is 1. The molecule has 0 spiro atoms. The third kappa shape index (κ3) is 1.80. The maximum atomic E-state index is 9.00. The second-order valence-electron chi connectivity index (χ2n) is 4.03. The van der Waals surface area contributed by atoms with E-state index in [0.29, 0.717) is 5.92 Å². The lowest BCUT2D eigenvalue weighted by molar-refractivity contribution is 0.443. The van der Waals surface area contributed by atoms with Crippen LogP contribution in [0.3, 0.4) is 0 Å². The van der Waals surface area contributed by atoms with Gasteiger partial charge in [0.15, 0.2) is 0 Å². The Hall–Kier alpha value is -1.29. The zero-order valence-corrected chi connectivity index (χ0v) is 8.37. The van der Waals surface area contributed by atoms with Gasteiger partial charge in [-0.25, -0.2) is 0 Å². The van der Waals surface area contributed by atoms with E-state index in [0.717, 1.165) is 5.56 Å². The standard InChI is InChI=1S/C13H15N/c14-10-12-8-4-5-9-13(12)11-6-2-1-3-7-11/h4-5,8-9,11H,1-3,6-7H2. The first-order valence-corrected chi connectivity index (χ1v) is 5.41. The lowest BCUT2D eigenvalue weighted by atomic mass is 9.82. The van der Waals surface area contributed by atoms with Crippen molar-refractivity contribution in [3.05, 3.63) is 35.4 Å². The van der Waals surface area contributed by atoms with E-state index < -0.39 is 0 Å². The summed E-state index contributed by atoms with van der Waals surface area (Å²) in [6.07, 6.45) is 6.54. The summed E-state index contributed by atoms with van der Waals surface area (Å²) < 4.78 is 0. The lowest BCUT2D eigenvalue weighted by Crippen LogP contribution is -2.06. The molecule has 0 saturated heterocycles. The fourth-order valence-corrected chi connectivity index (χ4v) is 2.37. The van der Waals surface area contributed by atoms with Gasteiger partial charge < -0.3 is 0 Å². The summed E-state index contributed by atoms with van der Waals surface area (Å²) in [7, 11) is 0. The summed E-state index contributed by atoms with van der Waals surface area (Å²) in [4.78, 5) is 0. The highest BCUT2D eigenvalue weighted by Gasteiger charge is 2.17. The second-order valence-corrected chi connectivity index (χ2v) is 4.03. The van der Waals surface area contributed by atoms with Crippen LogP contribution in [0.2, 0.25) is 0 Å². The first-order chi connectivity index (χ1) is 6.92. The summed E-state index contributed by atoms with van der Waals surface area (Å²) in [5.74, 6) is 0.639. The van der Waals surface area contributed by atoms with Crippen molar-refractivity contribution >= 4 is 0 Å². The van der Waals surface area contributed by atoms with Gasteiger partial charge in [-0.3, -0.25) is 0 Å². The molecule has 1 aromatic carbocycles. The zero-order chi connectivity index (χ0) is 9.80. The number of rotatable bonds is 1. The maximum absolute atomic E-state index is 9.00. The van der Waals surface area contributed by atoms with E-state index in [-0.39, 0.29) is 0 Å². The van der Waals surface area contributed by atoms with E-state index in [9.17, 15) is 0 Å². The van der Waals surface area contributed by atoms with Gasteiger partial charge >= 0.3 is 0 Å². The number of hydrogen-bond donors (Lipinski definition) is 0. The van der Waals surface area contributed by atoms with Gasteiger partial charge in [0.05, 0.1) is 11.6 Å². The Kier molecular flexibility index (Phi) is 2.84. The third-order valence-electron chi connectivity index (χ3n) is 3.13. The van der Waals surface area contributed by atoms with Crippen LogP contribution in [0.15, 0.2) is 24.3 Å². The van der Waals surface area contributed by atoms with Gasteiger partial charge in [0, 0.05) is 0 Å². The van der Waals surface area contributed by atoms with Crippen molar-refractivity contribution in [1.82, 2.24) is 0 Å². The molecule has 1 heteroatoms. The highest BCUT2D eigenvalue weighted by Crippen LogP contribution is 2.33. The minimum absolute atomic E-state index is 0.639. The number of hydrogen-bond acceptors (Lipinski definition) is 1.